The van der Waals surface area contributed by atoms with E-state index in [0.717, 1.165) is 47.9 Å². The van der Waals surface area contributed by atoms with Gasteiger partial charge in [0.1, 0.15) is 11.6 Å². The first-order valence-electron chi connectivity index (χ1n) is 9.33. The van der Waals surface area contributed by atoms with Gasteiger partial charge in [0, 0.05) is 11.9 Å². The molecule has 0 radical (unpaired) electrons. The summed E-state index contributed by atoms with van der Waals surface area (Å²) in [5, 5.41) is 9.93. The Morgan fingerprint density at radius 1 is 0.926 bits per heavy atom. The molecule has 4 aromatic rings. The van der Waals surface area contributed by atoms with Crippen LogP contribution in [0.5, 0.6) is 0 Å². The number of aryl methyl sites for hydroxylation is 1. The van der Waals surface area contributed by atoms with E-state index < -0.39 is 0 Å². The van der Waals surface area contributed by atoms with Gasteiger partial charge in [-0.1, -0.05) is 48.5 Å². The topological polar surface area (TPSA) is 46.8 Å². The fourth-order valence-corrected chi connectivity index (χ4v) is 4.02. The summed E-state index contributed by atoms with van der Waals surface area (Å²) in [6, 6.07) is 23.4. The Bertz CT molecular complexity index is 1090. The van der Waals surface area contributed by atoms with E-state index in [1.165, 1.54) is 5.56 Å². The number of pyridine rings is 1. The molecule has 2 aromatic heterocycles. The van der Waals surface area contributed by atoms with Crippen molar-refractivity contribution >= 4 is 16.7 Å². The first-order valence-corrected chi connectivity index (χ1v) is 9.33. The summed E-state index contributed by atoms with van der Waals surface area (Å²) in [5.41, 5.74) is 2.35. The van der Waals surface area contributed by atoms with Crippen molar-refractivity contribution in [2.75, 3.05) is 11.4 Å². The van der Waals surface area contributed by atoms with Crippen LogP contribution in [0.15, 0.2) is 66.7 Å². The third-order valence-corrected chi connectivity index (χ3v) is 5.29. The molecule has 1 aliphatic rings. The molecule has 5 rings (SSSR count). The highest BCUT2D eigenvalue weighted by Crippen LogP contribution is 2.29. The quantitative estimate of drug-likeness (QED) is 0.558. The highest BCUT2D eigenvalue weighted by Gasteiger charge is 2.29. The summed E-state index contributed by atoms with van der Waals surface area (Å²) < 4.78 is 2.30. The summed E-state index contributed by atoms with van der Waals surface area (Å²) in [4.78, 5) is 7.21. The van der Waals surface area contributed by atoms with Crippen molar-refractivity contribution in [2.45, 2.75) is 25.9 Å². The lowest BCUT2D eigenvalue weighted by Crippen LogP contribution is -2.39. The summed E-state index contributed by atoms with van der Waals surface area (Å²) in [6.07, 6.45) is 0.955. The Labute approximate surface area is 158 Å². The van der Waals surface area contributed by atoms with Crippen molar-refractivity contribution in [3.63, 3.8) is 0 Å². The Morgan fingerprint density at radius 2 is 1.74 bits per heavy atom. The number of benzene rings is 2. The van der Waals surface area contributed by atoms with Crippen LogP contribution in [0.3, 0.4) is 0 Å². The molecule has 0 aliphatic carbocycles. The van der Waals surface area contributed by atoms with Gasteiger partial charge in [-0.15, -0.1) is 10.2 Å². The zero-order valence-electron chi connectivity index (χ0n) is 15.3. The molecule has 0 saturated carbocycles. The van der Waals surface area contributed by atoms with Gasteiger partial charge in [-0.25, -0.2) is 4.98 Å². The second kappa shape index (κ2) is 6.50. The molecule has 0 N–H and O–H groups in total. The van der Waals surface area contributed by atoms with Gasteiger partial charge in [-0.05, 0) is 37.1 Å². The fourth-order valence-electron chi connectivity index (χ4n) is 4.02. The molecule has 0 saturated heterocycles. The van der Waals surface area contributed by atoms with E-state index in [4.69, 9.17) is 4.98 Å². The first-order chi connectivity index (χ1) is 13.3. The van der Waals surface area contributed by atoms with E-state index in [-0.39, 0.29) is 0 Å². The molecule has 5 heteroatoms. The van der Waals surface area contributed by atoms with Gasteiger partial charge in [0.05, 0.1) is 18.1 Å². The number of fused-ring (bicyclic) bond motifs is 2. The standard InChI is InChI=1S/C22H21N5/c1-16-24-25-22-15-26(21-12-11-18-9-5-6-10-20(18)23-21)14-19(27(16)22)13-17-7-3-2-4-8-17/h2-12,19H,13-15H2,1H3/t19-/m1/s1. The number of para-hydroxylation sites is 1. The lowest BCUT2D eigenvalue weighted by atomic mass is 10.0. The molecule has 2 aromatic carbocycles. The van der Waals surface area contributed by atoms with Crippen molar-refractivity contribution < 1.29 is 0 Å². The Kier molecular flexibility index (Phi) is 3.85. The minimum atomic E-state index is 0.291. The Balaban J connectivity index is 1.51. The van der Waals surface area contributed by atoms with Crippen LogP contribution in [0.4, 0.5) is 5.82 Å². The lowest BCUT2D eigenvalue weighted by Gasteiger charge is -2.35. The van der Waals surface area contributed by atoms with Gasteiger partial charge in [0.15, 0.2) is 5.82 Å². The van der Waals surface area contributed by atoms with E-state index in [1.54, 1.807) is 0 Å². The molecule has 3 heterocycles. The molecular formula is C22H21N5. The van der Waals surface area contributed by atoms with Gasteiger partial charge in [0.25, 0.3) is 0 Å². The third kappa shape index (κ3) is 2.95. The summed E-state index contributed by atoms with van der Waals surface area (Å²) in [7, 11) is 0. The summed E-state index contributed by atoms with van der Waals surface area (Å²) >= 11 is 0. The van der Waals surface area contributed by atoms with Crippen LogP contribution in [0.25, 0.3) is 10.9 Å². The van der Waals surface area contributed by atoms with Crippen molar-refractivity contribution in [2.24, 2.45) is 0 Å². The van der Waals surface area contributed by atoms with E-state index >= 15 is 0 Å². The monoisotopic (exact) mass is 355 g/mol. The minimum absolute atomic E-state index is 0.291. The second-order valence-electron chi connectivity index (χ2n) is 7.12. The highest BCUT2D eigenvalue weighted by atomic mass is 15.4. The zero-order valence-corrected chi connectivity index (χ0v) is 15.3. The van der Waals surface area contributed by atoms with Crippen molar-refractivity contribution in [1.82, 2.24) is 19.7 Å². The van der Waals surface area contributed by atoms with Crippen molar-refractivity contribution in [3.8, 4) is 0 Å². The van der Waals surface area contributed by atoms with Gasteiger partial charge >= 0.3 is 0 Å². The van der Waals surface area contributed by atoms with E-state index in [9.17, 15) is 0 Å². The number of aromatic nitrogens is 4. The largest absolute Gasteiger partial charge is 0.347 e. The van der Waals surface area contributed by atoms with Crippen LogP contribution in [-0.2, 0) is 13.0 Å². The maximum Gasteiger partial charge on any atom is 0.152 e. The number of hydrogen-bond acceptors (Lipinski definition) is 4. The lowest BCUT2D eigenvalue weighted by molar-refractivity contribution is 0.421. The molecule has 0 amide bonds. The molecule has 0 spiro atoms. The zero-order chi connectivity index (χ0) is 18.2. The maximum absolute atomic E-state index is 4.89. The average Bonchev–Trinajstić information content (AvgIpc) is 3.09. The first kappa shape index (κ1) is 16.0. The van der Waals surface area contributed by atoms with Crippen LogP contribution in [0.1, 0.15) is 23.3 Å². The van der Waals surface area contributed by atoms with Gasteiger partial charge in [0.2, 0.25) is 0 Å². The summed E-state index contributed by atoms with van der Waals surface area (Å²) in [5.74, 6) is 2.99. The Morgan fingerprint density at radius 3 is 2.63 bits per heavy atom. The molecular weight excluding hydrogens is 334 g/mol. The van der Waals surface area contributed by atoms with Crippen LogP contribution in [0, 0.1) is 6.92 Å². The van der Waals surface area contributed by atoms with Crippen molar-refractivity contribution in [3.05, 3.63) is 83.9 Å². The van der Waals surface area contributed by atoms with E-state index in [0.29, 0.717) is 6.04 Å². The van der Waals surface area contributed by atoms with Crippen LogP contribution in [-0.4, -0.2) is 26.3 Å². The maximum atomic E-state index is 4.89. The van der Waals surface area contributed by atoms with Crippen LogP contribution >= 0.6 is 0 Å². The van der Waals surface area contributed by atoms with Crippen LogP contribution in [0.2, 0.25) is 0 Å². The number of nitrogens with zero attached hydrogens (tertiary/aromatic N) is 5. The smallest absolute Gasteiger partial charge is 0.152 e. The van der Waals surface area contributed by atoms with E-state index in [2.05, 4.69) is 74.3 Å². The fraction of sp³-hybridized carbons (Fsp3) is 0.227. The average molecular weight is 355 g/mol. The molecule has 0 unspecified atom stereocenters. The molecule has 1 atom stereocenters. The van der Waals surface area contributed by atoms with Crippen molar-refractivity contribution in [1.29, 1.82) is 0 Å². The normalized spacial score (nSPS) is 16.5. The second-order valence-corrected chi connectivity index (χ2v) is 7.12. The van der Waals surface area contributed by atoms with Gasteiger partial charge in [-0.2, -0.15) is 0 Å². The summed E-state index contributed by atoms with van der Waals surface area (Å²) in [6.45, 7) is 3.67. The Hall–Kier alpha value is -3.21. The molecule has 134 valence electrons. The predicted octanol–water partition coefficient (Wildman–Crippen LogP) is 3.94. The van der Waals surface area contributed by atoms with Crippen LogP contribution < -0.4 is 4.90 Å². The van der Waals surface area contributed by atoms with Gasteiger partial charge in [-0.3, -0.25) is 0 Å². The van der Waals surface area contributed by atoms with Gasteiger partial charge < -0.3 is 9.47 Å². The number of anilines is 1. The number of rotatable bonds is 3. The molecule has 0 fully saturated rings. The minimum Gasteiger partial charge on any atom is -0.347 e. The third-order valence-electron chi connectivity index (χ3n) is 5.29. The highest BCUT2D eigenvalue weighted by molar-refractivity contribution is 5.80. The molecule has 1 aliphatic heterocycles. The molecule has 5 nitrogen and oxygen atoms in total. The predicted molar refractivity (Wildman–Crippen MR) is 107 cm³/mol. The molecule has 27 heavy (non-hydrogen) atoms. The number of hydrogen-bond donors (Lipinski definition) is 0. The van der Waals surface area contributed by atoms with E-state index in [1.807, 2.05) is 19.1 Å². The molecule has 0 bridgehead atoms. The SMILES string of the molecule is Cc1nnc2n1[C@H](Cc1ccccc1)CN(c1ccc3ccccc3n1)C2.